The summed E-state index contributed by atoms with van der Waals surface area (Å²) in [6, 6.07) is 0. The van der Waals surface area contributed by atoms with Gasteiger partial charge in [0.25, 0.3) is 5.91 Å². The molecule has 6 nitrogen and oxygen atoms in total. The number of nitrogens with one attached hydrogen (secondary N) is 2. The number of aromatic amines is 1. The second-order valence-electron chi connectivity index (χ2n) is 2.72. The molecule has 7 heteroatoms. The van der Waals surface area contributed by atoms with Gasteiger partial charge < -0.3 is 15.4 Å². The van der Waals surface area contributed by atoms with E-state index in [0.717, 1.165) is 0 Å². The molecule has 0 atom stereocenters. The van der Waals surface area contributed by atoms with Gasteiger partial charge in [-0.15, -0.1) is 0 Å². The maximum absolute atomic E-state index is 11.2. The molecule has 0 saturated carbocycles. The number of carbonyl (C=O) groups is 2. The fraction of sp³-hybridized carbons (Fsp3) is 0.125. The number of aryl methyl sites for hydroxylation is 1. The van der Waals surface area contributed by atoms with Crippen molar-refractivity contribution < 1.29 is 14.7 Å². The summed E-state index contributed by atoms with van der Waals surface area (Å²) in [5.41, 5.74) is 0.467. The summed E-state index contributed by atoms with van der Waals surface area (Å²) in [5.74, 6) is -1.70. The first-order valence-corrected chi connectivity index (χ1v) is 4.66. The Labute approximate surface area is 93.5 Å². The molecule has 0 saturated heterocycles. The van der Waals surface area contributed by atoms with Crippen LogP contribution in [0.3, 0.4) is 0 Å². The summed E-state index contributed by atoms with van der Waals surface area (Å²) >= 11 is 2.90. The minimum atomic E-state index is -1.18. The van der Waals surface area contributed by atoms with Gasteiger partial charge in [0.05, 0.1) is 10.2 Å². The third-order valence-electron chi connectivity index (χ3n) is 1.57. The van der Waals surface area contributed by atoms with Gasteiger partial charge in [-0.2, -0.15) is 0 Å². The first kappa shape index (κ1) is 11.4. The van der Waals surface area contributed by atoms with E-state index in [4.69, 9.17) is 5.11 Å². The van der Waals surface area contributed by atoms with E-state index >= 15 is 0 Å². The Morgan fingerprint density at radius 2 is 2.20 bits per heavy atom. The van der Waals surface area contributed by atoms with Crippen LogP contribution >= 0.6 is 15.9 Å². The Hall–Kier alpha value is -1.63. The van der Waals surface area contributed by atoms with Gasteiger partial charge in [-0.25, -0.2) is 9.78 Å². The quantitative estimate of drug-likeness (QED) is 0.723. The van der Waals surface area contributed by atoms with Gasteiger partial charge in [0.2, 0.25) is 5.82 Å². The highest BCUT2D eigenvalue weighted by molar-refractivity contribution is 9.12. The van der Waals surface area contributed by atoms with E-state index in [0.29, 0.717) is 5.69 Å². The van der Waals surface area contributed by atoms with Crippen LogP contribution in [0.25, 0.3) is 0 Å². The predicted octanol–water partition coefficient (Wildman–Crippen LogP) is 1.26. The Bertz CT molecular complexity index is 438. The lowest BCUT2D eigenvalue weighted by molar-refractivity contribution is -0.112. The summed E-state index contributed by atoms with van der Waals surface area (Å²) in [6.07, 6.45) is 0. The van der Waals surface area contributed by atoms with Crippen molar-refractivity contribution in [1.82, 2.24) is 9.97 Å². The third-order valence-corrected chi connectivity index (χ3v) is 1.93. The topological polar surface area (TPSA) is 95.1 Å². The molecule has 0 aliphatic carbocycles. The van der Waals surface area contributed by atoms with E-state index < -0.39 is 11.9 Å². The van der Waals surface area contributed by atoms with Crippen LogP contribution in [0.5, 0.6) is 0 Å². The van der Waals surface area contributed by atoms with Crippen LogP contribution < -0.4 is 5.32 Å². The van der Waals surface area contributed by atoms with Crippen molar-refractivity contribution in [3.63, 3.8) is 0 Å². The van der Waals surface area contributed by atoms with Gasteiger partial charge in [-0.05, 0) is 22.9 Å². The zero-order valence-corrected chi connectivity index (χ0v) is 9.38. The van der Waals surface area contributed by atoms with E-state index in [1.165, 1.54) is 0 Å². The lowest BCUT2D eigenvalue weighted by Gasteiger charge is -1.99. The highest BCUT2D eigenvalue weighted by Gasteiger charge is 2.14. The number of anilines is 1. The fourth-order valence-electron chi connectivity index (χ4n) is 0.859. The average Bonchev–Trinajstić information content (AvgIpc) is 2.47. The van der Waals surface area contributed by atoms with Gasteiger partial charge in [-0.3, -0.25) is 4.79 Å². The summed E-state index contributed by atoms with van der Waals surface area (Å²) in [7, 11) is 0. The van der Waals surface area contributed by atoms with Crippen molar-refractivity contribution in [3.8, 4) is 0 Å². The molecule has 0 aliphatic heterocycles. The Kier molecular flexibility index (Phi) is 3.25. The molecule has 15 heavy (non-hydrogen) atoms. The molecule has 0 radical (unpaired) electrons. The van der Waals surface area contributed by atoms with Crippen LogP contribution in [-0.2, 0) is 4.79 Å². The summed E-state index contributed by atoms with van der Waals surface area (Å²) in [6.45, 7) is 4.98. The molecular weight excluding hydrogens is 266 g/mol. The number of hydrogen-bond donors (Lipinski definition) is 3. The molecule has 0 aliphatic rings. The number of hydrogen-bond acceptors (Lipinski definition) is 3. The average molecular weight is 274 g/mol. The fourth-order valence-corrected chi connectivity index (χ4v) is 0.958. The minimum absolute atomic E-state index is 0.141. The molecule has 1 aromatic rings. The SMILES string of the molecule is C=C(Br)C(=O)Nc1nc(C(=O)O)[nH]c1C. The van der Waals surface area contributed by atoms with Gasteiger partial charge in [0, 0.05) is 0 Å². The van der Waals surface area contributed by atoms with E-state index in [9.17, 15) is 9.59 Å². The van der Waals surface area contributed by atoms with E-state index in [2.05, 4.69) is 37.8 Å². The second-order valence-corrected chi connectivity index (χ2v) is 3.68. The molecule has 0 unspecified atom stereocenters. The number of carboxylic acids is 1. The maximum atomic E-state index is 11.2. The molecule has 80 valence electrons. The number of imidazole rings is 1. The van der Waals surface area contributed by atoms with Crippen LogP contribution in [0.4, 0.5) is 5.82 Å². The smallest absolute Gasteiger partial charge is 0.371 e. The normalized spacial score (nSPS) is 9.73. The van der Waals surface area contributed by atoms with Crippen LogP contribution in [0.15, 0.2) is 11.1 Å². The first-order chi connectivity index (χ1) is 6.91. The van der Waals surface area contributed by atoms with E-state index in [1.807, 2.05) is 0 Å². The van der Waals surface area contributed by atoms with Crippen LogP contribution in [0.2, 0.25) is 0 Å². The molecule has 1 rings (SSSR count). The van der Waals surface area contributed by atoms with Gasteiger partial charge in [-0.1, -0.05) is 6.58 Å². The molecular formula is C8H8BrN3O3. The molecule has 1 amide bonds. The van der Waals surface area contributed by atoms with Crippen molar-refractivity contribution >= 4 is 33.6 Å². The molecule has 1 heterocycles. The van der Waals surface area contributed by atoms with Crippen molar-refractivity contribution in [2.24, 2.45) is 0 Å². The zero-order valence-electron chi connectivity index (χ0n) is 7.80. The number of aromatic carboxylic acids is 1. The van der Waals surface area contributed by atoms with Gasteiger partial charge in [0.1, 0.15) is 0 Å². The first-order valence-electron chi connectivity index (χ1n) is 3.87. The standard InChI is InChI=1S/C8H8BrN3O3/c1-3(9)7(13)12-5-4(2)10-6(11-5)8(14)15/h1H2,2H3,(H,10,11)(H,12,13)(H,14,15). The largest absolute Gasteiger partial charge is 0.475 e. The summed E-state index contributed by atoms with van der Waals surface area (Å²) in [4.78, 5) is 27.9. The Morgan fingerprint density at radius 1 is 1.60 bits per heavy atom. The summed E-state index contributed by atoms with van der Waals surface area (Å²) < 4.78 is 0.141. The lowest BCUT2D eigenvalue weighted by Crippen LogP contribution is -2.11. The number of amides is 1. The second kappa shape index (κ2) is 4.26. The van der Waals surface area contributed by atoms with Crippen LogP contribution in [-0.4, -0.2) is 27.0 Å². The number of carbonyl (C=O) groups excluding carboxylic acids is 1. The Morgan fingerprint density at radius 3 is 2.60 bits per heavy atom. The van der Waals surface area contributed by atoms with Crippen molar-refractivity contribution in [3.05, 3.63) is 22.6 Å². The number of carboxylic acid groups (broad SMARTS) is 1. The van der Waals surface area contributed by atoms with E-state index in [1.54, 1.807) is 6.92 Å². The van der Waals surface area contributed by atoms with Crippen molar-refractivity contribution in [2.45, 2.75) is 6.92 Å². The van der Waals surface area contributed by atoms with E-state index in [-0.39, 0.29) is 16.1 Å². The van der Waals surface area contributed by atoms with Crippen molar-refractivity contribution in [1.29, 1.82) is 0 Å². The number of rotatable bonds is 3. The molecule has 0 spiro atoms. The maximum Gasteiger partial charge on any atom is 0.371 e. The third kappa shape index (κ3) is 2.66. The van der Waals surface area contributed by atoms with Crippen LogP contribution in [0.1, 0.15) is 16.3 Å². The summed E-state index contributed by atoms with van der Waals surface area (Å²) in [5, 5.41) is 11.0. The lowest BCUT2D eigenvalue weighted by atomic mass is 10.4. The number of aromatic nitrogens is 2. The molecule has 0 aromatic carbocycles. The molecule has 3 N–H and O–H groups in total. The van der Waals surface area contributed by atoms with Gasteiger partial charge in [0.15, 0.2) is 5.82 Å². The highest BCUT2D eigenvalue weighted by Crippen LogP contribution is 2.13. The molecule has 0 fully saturated rings. The van der Waals surface area contributed by atoms with Crippen molar-refractivity contribution in [2.75, 3.05) is 5.32 Å². The number of halogens is 1. The van der Waals surface area contributed by atoms with Gasteiger partial charge >= 0.3 is 5.97 Å². The molecule has 1 aromatic heterocycles. The monoisotopic (exact) mass is 273 g/mol. The minimum Gasteiger partial charge on any atom is -0.475 e. The predicted molar refractivity (Wildman–Crippen MR) is 57.0 cm³/mol. The Balaban J connectivity index is 2.91. The zero-order chi connectivity index (χ0) is 11.6. The number of nitrogens with zero attached hydrogens (tertiary/aromatic N) is 1. The van der Waals surface area contributed by atoms with Crippen LogP contribution in [0, 0.1) is 6.92 Å². The number of H-pyrrole nitrogens is 1. The highest BCUT2D eigenvalue weighted by atomic mass is 79.9. The molecule has 0 bridgehead atoms.